The maximum Gasteiger partial charge on any atom is 0.307 e. The second kappa shape index (κ2) is 15.0. The molecule has 6 nitrogen and oxygen atoms in total. The third kappa shape index (κ3) is 9.67. The molecule has 0 radical (unpaired) electrons. The molecule has 0 heterocycles. The van der Waals surface area contributed by atoms with Gasteiger partial charge in [-0.25, -0.2) is 5.01 Å². The van der Waals surface area contributed by atoms with Gasteiger partial charge in [0, 0.05) is 11.8 Å². The largest absolute Gasteiger partial charge is 0.489 e. The van der Waals surface area contributed by atoms with Gasteiger partial charge in [0.05, 0.1) is 13.0 Å². The average molecular weight is 577 g/mol. The van der Waals surface area contributed by atoms with Crippen molar-refractivity contribution in [2.24, 2.45) is 5.10 Å². The molecule has 222 valence electrons. The first-order valence-electron chi connectivity index (χ1n) is 14.7. The number of carbonyl (C=O) groups is 2. The molecule has 0 aliphatic carbocycles. The molecule has 6 heteroatoms. The van der Waals surface area contributed by atoms with Crippen molar-refractivity contribution < 1.29 is 19.4 Å². The Bertz CT molecular complexity index is 1520. The number of rotatable bonds is 14. The maximum absolute atomic E-state index is 11.6. The summed E-state index contributed by atoms with van der Waals surface area (Å²) in [6.45, 7) is 7.35. The van der Waals surface area contributed by atoms with Crippen molar-refractivity contribution >= 4 is 18.6 Å². The maximum atomic E-state index is 11.6. The van der Waals surface area contributed by atoms with Gasteiger partial charge < -0.3 is 9.84 Å². The van der Waals surface area contributed by atoms with E-state index in [1.54, 1.807) is 6.21 Å². The first-order chi connectivity index (χ1) is 20.7. The molecule has 1 amide bonds. The molecular weight excluding hydrogens is 536 g/mol. The molecular formula is C37H40N2O4. The van der Waals surface area contributed by atoms with Crippen molar-refractivity contribution in [3.05, 3.63) is 125 Å². The van der Waals surface area contributed by atoms with Crippen LogP contribution in [-0.4, -0.2) is 28.7 Å². The highest BCUT2D eigenvalue weighted by Gasteiger charge is 2.14. The minimum absolute atomic E-state index is 0.0893. The number of carboxylic acid groups (broad SMARTS) is 1. The Morgan fingerprint density at radius 2 is 1.58 bits per heavy atom. The monoisotopic (exact) mass is 576 g/mol. The van der Waals surface area contributed by atoms with Crippen LogP contribution in [0.15, 0.2) is 102 Å². The van der Waals surface area contributed by atoms with E-state index < -0.39 is 5.97 Å². The lowest BCUT2D eigenvalue weighted by molar-refractivity contribution is -0.136. The van der Waals surface area contributed by atoms with Gasteiger partial charge in [-0.05, 0) is 70.2 Å². The molecule has 0 saturated carbocycles. The molecule has 0 aliphatic rings. The fraction of sp³-hybridized carbons (Fsp3) is 0.270. The number of amides is 1. The fourth-order valence-electron chi connectivity index (χ4n) is 4.81. The summed E-state index contributed by atoms with van der Waals surface area (Å²) in [5, 5.41) is 15.3. The minimum Gasteiger partial charge on any atom is -0.489 e. The highest BCUT2D eigenvalue weighted by atomic mass is 16.5. The number of ether oxygens (including phenoxy) is 1. The number of benzene rings is 4. The number of unbranched alkanes of at least 4 members (excludes halogenated alkanes) is 1. The second-order valence-corrected chi connectivity index (χ2v) is 11.7. The molecule has 43 heavy (non-hydrogen) atoms. The Labute approximate surface area is 254 Å². The van der Waals surface area contributed by atoms with Gasteiger partial charge in [-0.3, -0.25) is 9.59 Å². The molecule has 0 unspecified atom stereocenters. The van der Waals surface area contributed by atoms with Crippen LogP contribution in [0.3, 0.4) is 0 Å². The van der Waals surface area contributed by atoms with E-state index in [9.17, 15) is 14.7 Å². The predicted octanol–water partition coefficient (Wildman–Crippen LogP) is 7.82. The van der Waals surface area contributed by atoms with Crippen molar-refractivity contribution in [1.82, 2.24) is 5.01 Å². The van der Waals surface area contributed by atoms with E-state index in [1.807, 2.05) is 60.7 Å². The molecule has 0 saturated heterocycles. The van der Waals surface area contributed by atoms with Gasteiger partial charge in [-0.2, -0.15) is 5.10 Å². The predicted molar refractivity (Wildman–Crippen MR) is 172 cm³/mol. The molecule has 0 fully saturated rings. The molecule has 0 bridgehead atoms. The molecule has 4 aromatic carbocycles. The lowest BCUT2D eigenvalue weighted by Crippen LogP contribution is -2.15. The van der Waals surface area contributed by atoms with E-state index in [4.69, 9.17) is 4.74 Å². The van der Waals surface area contributed by atoms with E-state index in [2.05, 4.69) is 62.3 Å². The second-order valence-electron chi connectivity index (χ2n) is 11.7. The number of aryl methyl sites for hydroxylation is 1. The van der Waals surface area contributed by atoms with Crippen LogP contribution in [0, 0.1) is 0 Å². The highest BCUT2D eigenvalue weighted by molar-refractivity contribution is 5.74. The summed E-state index contributed by atoms with van der Waals surface area (Å²) < 4.78 is 5.99. The summed E-state index contributed by atoms with van der Waals surface area (Å²) >= 11 is 0. The zero-order valence-electron chi connectivity index (χ0n) is 25.2. The Hall–Kier alpha value is -4.71. The van der Waals surface area contributed by atoms with Gasteiger partial charge in [0.1, 0.15) is 12.4 Å². The number of aliphatic carboxylic acids is 1. The summed E-state index contributed by atoms with van der Waals surface area (Å²) in [5.41, 5.74) is 7.21. The summed E-state index contributed by atoms with van der Waals surface area (Å²) in [6.07, 6.45) is 4.93. The molecule has 1 N–H and O–H groups in total. The van der Waals surface area contributed by atoms with E-state index in [1.165, 1.54) is 16.1 Å². The van der Waals surface area contributed by atoms with Gasteiger partial charge in [-0.1, -0.05) is 106 Å². The number of hydrogen-bond donors (Lipinski definition) is 1. The number of carbonyl (C=O) groups excluding carboxylic acids is 1. The molecule has 0 aliphatic heterocycles. The van der Waals surface area contributed by atoms with Crippen LogP contribution >= 0.6 is 0 Å². The van der Waals surface area contributed by atoms with Gasteiger partial charge in [0.2, 0.25) is 6.41 Å². The SMILES string of the molecule is CC(C)(C)c1ccc(CN(C=O)N=CCCCc2cccc(-c3ccc(OCc4ccccc4)c(CC(=O)O)c3)c2)cc1. The average Bonchev–Trinajstić information content (AvgIpc) is 3.00. The molecule has 0 spiro atoms. The smallest absolute Gasteiger partial charge is 0.307 e. The van der Waals surface area contributed by atoms with Crippen LogP contribution in [0.4, 0.5) is 0 Å². The summed E-state index contributed by atoms with van der Waals surface area (Å²) in [4.78, 5) is 23.1. The van der Waals surface area contributed by atoms with Gasteiger partial charge in [-0.15, -0.1) is 0 Å². The number of hydrogen-bond acceptors (Lipinski definition) is 4. The first-order valence-corrected chi connectivity index (χ1v) is 14.7. The Balaban J connectivity index is 1.33. The van der Waals surface area contributed by atoms with Crippen LogP contribution in [0.5, 0.6) is 5.75 Å². The Morgan fingerprint density at radius 1 is 0.860 bits per heavy atom. The van der Waals surface area contributed by atoms with E-state index in [0.717, 1.165) is 47.9 Å². The standard InChI is InChI=1S/C37H40N2O4/c1-37(2,3)34-18-15-29(16-19-34)25-39(27-40)38-21-8-7-10-28-13-9-14-31(22-28)32-17-20-35(33(23-32)24-36(41)42)43-26-30-11-5-4-6-12-30/h4-6,9,11-23,27H,7-8,10,24-26H2,1-3H3,(H,41,42). The normalized spacial score (nSPS) is 11.4. The van der Waals surface area contributed by atoms with E-state index in [0.29, 0.717) is 24.5 Å². The fourth-order valence-corrected chi connectivity index (χ4v) is 4.81. The van der Waals surface area contributed by atoms with Crippen LogP contribution in [0.1, 0.15) is 61.4 Å². The van der Waals surface area contributed by atoms with Crippen molar-refractivity contribution in [3.8, 4) is 16.9 Å². The van der Waals surface area contributed by atoms with Crippen molar-refractivity contribution in [2.45, 2.75) is 65.0 Å². The molecule has 4 aromatic rings. The van der Waals surface area contributed by atoms with Crippen LogP contribution in [0.25, 0.3) is 11.1 Å². The third-order valence-corrected chi connectivity index (χ3v) is 7.21. The first kappa shape index (κ1) is 31.2. The van der Waals surface area contributed by atoms with Crippen LogP contribution in [-0.2, 0) is 41.0 Å². The van der Waals surface area contributed by atoms with E-state index in [-0.39, 0.29) is 11.8 Å². The summed E-state index contributed by atoms with van der Waals surface area (Å²) in [5.74, 6) is -0.319. The van der Waals surface area contributed by atoms with Gasteiger partial charge in [0.25, 0.3) is 0 Å². The zero-order chi connectivity index (χ0) is 30.7. The topological polar surface area (TPSA) is 79.2 Å². The lowest BCUT2D eigenvalue weighted by Gasteiger charge is -2.19. The van der Waals surface area contributed by atoms with Gasteiger partial charge in [0.15, 0.2) is 0 Å². The molecule has 4 rings (SSSR count). The van der Waals surface area contributed by atoms with E-state index >= 15 is 0 Å². The quantitative estimate of drug-likeness (QED) is 0.0718. The Kier molecular flexibility index (Phi) is 10.9. The summed E-state index contributed by atoms with van der Waals surface area (Å²) in [6, 6.07) is 32.2. The van der Waals surface area contributed by atoms with Crippen LogP contribution < -0.4 is 4.74 Å². The van der Waals surface area contributed by atoms with Gasteiger partial charge >= 0.3 is 5.97 Å². The molecule has 0 aromatic heterocycles. The number of nitrogens with zero attached hydrogens (tertiary/aromatic N) is 2. The number of carboxylic acids is 1. The number of hydrazone groups is 1. The minimum atomic E-state index is -0.899. The highest BCUT2D eigenvalue weighted by Crippen LogP contribution is 2.29. The van der Waals surface area contributed by atoms with Crippen molar-refractivity contribution in [3.63, 3.8) is 0 Å². The zero-order valence-corrected chi connectivity index (χ0v) is 25.2. The lowest BCUT2D eigenvalue weighted by atomic mass is 9.87. The van der Waals surface area contributed by atoms with Crippen molar-refractivity contribution in [2.75, 3.05) is 0 Å². The van der Waals surface area contributed by atoms with Crippen LogP contribution in [0.2, 0.25) is 0 Å². The third-order valence-electron chi connectivity index (χ3n) is 7.21. The Morgan fingerprint density at radius 3 is 2.28 bits per heavy atom. The van der Waals surface area contributed by atoms with Crippen molar-refractivity contribution in [1.29, 1.82) is 0 Å². The summed E-state index contributed by atoms with van der Waals surface area (Å²) in [7, 11) is 0. The molecule has 0 atom stereocenters.